The molecular formula is C19H26N2O4. The molecule has 1 aromatic carbocycles. The zero-order chi connectivity index (χ0) is 18.0. The van der Waals surface area contributed by atoms with Crippen molar-refractivity contribution in [2.75, 3.05) is 19.8 Å². The Morgan fingerprint density at radius 3 is 2.52 bits per heavy atom. The van der Waals surface area contributed by atoms with Gasteiger partial charge in [-0.25, -0.2) is 0 Å². The van der Waals surface area contributed by atoms with Crippen LogP contribution >= 0.6 is 0 Å². The summed E-state index contributed by atoms with van der Waals surface area (Å²) in [6.45, 7) is 7.64. The second-order valence-corrected chi connectivity index (χ2v) is 7.01. The minimum Gasteiger partial charge on any atom is -0.486 e. The van der Waals surface area contributed by atoms with Gasteiger partial charge in [-0.1, -0.05) is 19.9 Å². The first-order chi connectivity index (χ1) is 12.0. The number of nitrogens with zero attached hydrogens (tertiary/aromatic N) is 1. The lowest BCUT2D eigenvalue weighted by molar-refractivity contribution is -0.139. The molecule has 1 aromatic rings. The highest BCUT2D eigenvalue weighted by Crippen LogP contribution is 2.32. The van der Waals surface area contributed by atoms with Gasteiger partial charge in [-0.05, 0) is 37.0 Å². The van der Waals surface area contributed by atoms with E-state index in [4.69, 9.17) is 9.47 Å². The predicted octanol–water partition coefficient (Wildman–Crippen LogP) is 2.28. The van der Waals surface area contributed by atoms with Crippen molar-refractivity contribution in [2.45, 2.75) is 45.7 Å². The van der Waals surface area contributed by atoms with E-state index in [2.05, 4.69) is 5.32 Å². The van der Waals surface area contributed by atoms with Crippen LogP contribution in [-0.4, -0.2) is 42.5 Å². The van der Waals surface area contributed by atoms with Gasteiger partial charge in [0.1, 0.15) is 19.3 Å². The molecule has 6 heteroatoms. The number of carbonyl (C=O) groups excluding carboxylic acids is 2. The van der Waals surface area contributed by atoms with Crippen LogP contribution in [0.3, 0.4) is 0 Å². The zero-order valence-electron chi connectivity index (χ0n) is 15.1. The first-order valence-corrected chi connectivity index (χ1v) is 8.96. The van der Waals surface area contributed by atoms with Crippen molar-refractivity contribution < 1.29 is 19.1 Å². The molecule has 2 heterocycles. The molecule has 0 aliphatic carbocycles. The quantitative estimate of drug-likeness (QED) is 0.888. The van der Waals surface area contributed by atoms with Crippen LogP contribution in [-0.2, 0) is 9.59 Å². The van der Waals surface area contributed by atoms with Crippen LogP contribution in [0.4, 0.5) is 0 Å². The Kier molecular flexibility index (Phi) is 5.16. The second-order valence-electron chi connectivity index (χ2n) is 7.01. The molecule has 25 heavy (non-hydrogen) atoms. The van der Waals surface area contributed by atoms with Crippen LogP contribution in [0, 0.1) is 5.92 Å². The van der Waals surface area contributed by atoms with Crippen LogP contribution in [0.1, 0.15) is 45.2 Å². The fraction of sp³-hybridized carbons (Fsp3) is 0.579. The summed E-state index contributed by atoms with van der Waals surface area (Å²) in [6.07, 6.45) is 1.36. The molecule has 0 bridgehead atoms. The maximum Gasteiger partial charge on any atom is 0.243 e. The summed E-state index contributed by atoms with van der Waals surface area (Å²) in [4.78, 5) is 26.6. The number of fused-ring (bicyclic) bond motifs is 1. The predicted molar refractivity (Wildman–Crippen MR) is 93.6 cm³/mol. The van der Waals surface area contributed by atoms with Gasteiger partial charge in [-0.15, -0.1) is 0 Å². The average Bonchev–Trinajstić information content (AvgIpc) is 3.00. The molecule has 1 saturated heterocycles. The smallest absolute Gasteiger partial charge is 0.243 e. The number of rotatable bonds is 5. The molecule has 0 aromatic heterocycles. The van der Waals surface area contributed by atoms with Gasteiger partial charge < -0.3 is 19.7 Å². The molecule has 0 spiro atoms. The van der Waals surface area contributed by atoms with Crippen molar-refractivity contribution in [1.82, 2.24) is 10.2 Å². The topological polar surface area (TPSA) is 67.9 Å². The number of benzene rings is 1. The van der Waals surface area contributed by atoms with Crippen molar-refractivity contribution in [3.63, 3.8) is 0 Å². The lowest BCUT2D eigenvalue weighted by Crippen LogP contribution is -2.50. The Labute approximate surface area is 148 Å². The van der Waals surface area contributed by atoms with E-state index in [9.17, 15) is 9.59 Å². The van der Waals surface area contributed by atoms with Gasteiger partial charge in [-0.2, -0.15) is 0 Å². The van der Waals surface area contributed by atoms with Crippen LogP contribution in [0.15, 0.2) is 18.2 Å². The lowest BCUT2D eigenvalue weighted by atomic mass is 10.0. The fourth-order valence-electron chi connectivity index (χ4n) is 3.48. The van der Waals surface area contributed by atoms with Crippen LogP contribution < -0.4 is 14.8 Å². The SMILES string of the molecule is CC(NC(=O)C(C(C)C)N1CCCC1=O)c1ccc2c(c1)OCCO2. The summed E-state index contributed by atoms with van der Waals surface area (Å²) in [7, 11) is 0. The van der Waals surface area contributed by atoms with Crippen LogP contribution in [0.25, 0.3) is 0 Å². The first kappa shape index (κ1) is 17.6. The molecule has 3 rings (SSSR count). The minimum absolute atomic E-state index is 0.0644. The zero-order valence-corrected chi connectivity index (χ0v) is 15.1. The van der Waals surface area contributed by atoms with E-state index in [1.54, 1.807) is 4.90 Å². The summed E-state index contributed by atoms with van der Waals surface area (Å²) in [5, 5.41) is 3.05. The molecule has 0 radical (unpaired) electrons. The van der Waals surface area contributed by atoms with Crippen LogP contribution in [0.5, 0.6) is 11.5 Å². The normalized spacial score (nSPS) is 19.0. The third kappa shape index (κ3) is 3.72. The molecule has 2 aliphatic rings. The van der Waals surface area contributed by atoms with Gasteiger partial charge >= 0.3 is 0 Å². The summed E-state index contributed by atoms with van der Waals surface area (Å²) in [5.41, 5.74) is 0.952. The van der Waals surface area contributed by atoms with Gasteiger partial charge in [0, 0.05) is 13.0 Å². The second kappa shape index (κ2) is 7.33. The number of amides is 2. The first-order valence-electron chi connectivity index (χ1n) is 8.96. The van der Waals surface area contributed by atoms with Crippen molar-refractivity contribution >= 4 is 11.8 Å². The number of ether oxygens (including phenoxy) is 2. The molecule has 2 unspecified atom stereocenters. The maximum atomic E-state index is 12.8. The van der Waals surface area contributed by atoms with E-state index in [0.717, 1.165) is 17.7 Å². The third-order valence-electron chi connectivity index (χ3n) is 4.77. The van der Waals surface area contributed by atoms with E-state index in [-0.39, 0.29) is 23.8 Å². The van der Waals surface area contributed by atoms with Gasteiger partial charge in [0.25, 0.3) is 0 Å². The van der Waals surface area contributed by atoms with Crippen molar-refractivity contribution in [2.24, 2.45) is 5.92 Å². The lowest BCUT2D eigenvalue weighted by Gasteiger charge is -2.31. The highest BCUT2D eigenvalue weighted by molar-refractivity contribution is 5.89. The Bertz CT molecular complexity index is 659. The van der Waals surface area contributed by atoms with Gasteiger partial charge in [-0.3, -0.25) is 9.59 Å². The summed E-state index contributed by atoms with van der Waals surface area (Å²) >= 11 is 0. The Hall–Kier alpha value is -2.24. The molecule has 2 amide bonds. The monoisotopic (exact) mass is 346 g/mol. The van der Waals surface area contributed by atoms with Crippen molar-refractivity contribution in [3.05, 3.63) is 23.8 Å². The van der Waals surface area contributed by atoms with Crippen molar-refractivity contribution in [3.8, 4) is 11.5 Å². The van der Waals surface area contributed by atoms with Gasteiger partial charge in [0.05, 0.1) is 6.04 Å². The van der Waals surface area contributed by atoms with Crippen molar-refractivity contribution in [1.29, 1.82) is 0 Å². The molecule has 2 atom stereocenters. The molecule has 2 aliphatic heterocycles. The number of nitrogens with one attached hydrogen (secondary N) is 1. The summed E-state index contributed by atoms with van der Waals surface area (Å²) in [6, 6.07) is 5.11. The summed E-state index contributed by atoms with van der Waals surface area (Å²) < 4.78 is 11.1. The maximum absolute atomic E-state index is 12.8. The number of hydrogen-bond acceptors (Lipinski definition) is 4. The Morgan fingerprint density at radius 1 is 1.16 bits per heavy atom. The van der Waals surface area contributed by atoms with Gasteiger partial charge in [0.2, 0.25) is 11.8 Å². The van der Waals surface area contributed by atoms with E-state index in [1.807, 2.05) is 39.0 Å². The number of hydrogen-bond donors (Lipinski definition) is 1. The molecule has 1 N–H and O–H groups in total. The Balaban J connectivity index is 1.71. The Morgan fingerprint density at radius 2 is 1.88 bits per heavy atom. The highest BCUT2D eigenvalue weighted by atomic mass is 16.6. The molecule has 136 valence electrons. The largest absolute Gasteiger partial charge is 0.486 e. The fourth-order valence-corrected chi connectivity index (χ4v) is 3.48. The standard InChI is InChI=1S/C19H26N2O4/c1-12(2)18(21-8-4-5-17(21)22)19(23)20-13(3)14-6-7-15-16(11-14)25-10-9-24-15/h6-7,11-13,18H,4-5,8-10H2,1-3H3,(H,20,23). The molecule has 0 saturated carbocycles. The average molecular weight is 346 g/mol. The minimum atomic E-state index is -0.422. The van der Waals surface area contributed by atoms with E-state index < -0.39 is 6.04 Å². The number of carbonyl (C=O) groups is 2. The molecular weight excluding hydrogens is 320 g/mol. The molecule has 6 nitrogen and oxygen atoms in total. The van der Waals surface area contributed by atoms with E-state index >= 15 is 0 Å². The third-order valence-corrected chi connectivity index (χ3v) is 4.77. The number of likely N-dealkylation sites (tertiary alicyclic amines) is 1. The van der Waals surface area contributed by atoms with E-state index in [0.29, 0.717) is 31.9 Å². The van der Waals surface area contributed by atoms with Crippen LogP contribution in [0.2, 0.25) is 0 Å². The molecule has 1 fully saturated rings. The van der Waals surface area contributed by atoms with E-state index in [1.165, 1.54) is 0 Å². The van der Waals surface area contributed by atoms with Gasteiger partial charge in [0.15, 0.2) is 11.5 Å². The highest BCUT2D eigenvalue weighted by Gasteiger charge is 2.35. The summed E-state index contributed by atoms with van der Waals surface area (Å²) in [5.74, 6) is 1.47.